The van der Waals surface area contributed by atoms with Crippen molar-refractivity contribution in [2.45, 2.75) is 58.2 Å². The summed E-state index contributed by atoms with van der Waals surface area (Å²) < 4.78 is 0. The molecule has 2 fully saturated rings. The van der Waals surface area contributed by atoms with Gasteiger partial charge in [0.15, 0.2) is 0 Å². The van der Waals surface area contributed by atoms with Gasteiger partial charge in [-0.2, -0.15) is 0 Å². The van der Waals surface area contributed by atoms with E-state index in [2.05, 4.69) is 61.4 Å². The zero-order chi connectivity index (χ0) is 30.9. The summed E-state index contributed by atoms with van der Waals surface area (Å²) in [6, 6.07) is 18.4. The summed E-state index contributed by atoms with van der Waals surface area (Å²) in [6.07, 6.45) is 2.72. The minimum Gasteiger partial charge on any atom is -0.478 e. The number of aliphatic carboxylic acids is 2. The fraction of sp³-hybridized carbons (Fsp3) is 0.438. The van der Waals surface area contributed by atoms with Gasteiger partial charge in [0.25, 0.3) is 0 Å². The summed E-state index contributed by atoms with van der Waals surface area (Å²) in [7, 11) is 0. The number of carbonyl (C=O) groups is 4. The molecule has 2 amide bonds. The molecule has 0 spiro atoms. The van der Waals surface area contributed by atoms with Gasteiger partial charge in [-0.15, -0.1) is 0 Å². The first-order valence-electron chi connectivity index (χ1n) is 14.3. The van der Waals surface area contributed by atoms with Crippen LogP contribution >= 0.6 is 0 Å². The number of hydrogen-bond donors (Lipinski definition) is 4. The second-order valence-corrected chi connectivity index (χ2v) is 11.3. The molecule has 4 rings (SSSR count). The zero-order valence-electron chi connectivity index (χ0n) is 24.7. The smallest absolute Gasteiger partial charge is 0.328 e. The quantitative estimate of drug-likeness (QED) is 0.350. The Balaban J connectivity index is 0.000000531. The van der Waals surface area contributed by atoms with E-state index in [-0.39, 0.29) is 35.4 Å². The van der Waals surface area contributed by atoms with Gasteiger partial charge >= 0.3 is 11.9 Å². The molecule has 42 heavy (non-hydrogen) atoms. The molecule has 2 aromatic carbocycles. The van der Waals surface area contributed by atoms with E-state index < -0.39 is 11.9 Å². The fourth-order valence-electron chi connectivity index (χ4n) is 5.62. The van der Waals surface area contributed by atoms with Crippen molar-refractivity contribution in [2.75, 3.05) is 31.1 Å². The van der Waals surface area contributed by atoms with Crippen LogP contribution in [0.3, 0.4) is 0 Å². The molecule has 3 atom stereocenters. The number of nitrogens with zero attached hydrogens (tertiary/aromatic N) is 2. The van der Waals surface area contributed by atoms with Gasteiger partial charge < -0.3 is 25.7 Å². The van der Waals surface area contributed by atoms with Crippen molar-refractivity contribution in [3.8, 4) is 0 Å². The minimum atomic E-state index is -1.26. The van der Waals surface area contributed by atoms with Crippen molar-refractivity contribution in [3.05, 3.63) is 77.9 Å². The molecular weight excluding hydrogens is 536 g/mol. The van der Waals surface area contributed by atoms with Gasteiger partial charge in [-0.05, 0) is 50.8 Å². The first-order chi connectivity index (χ1) is 19.9. The molecule has 10 heteroatoms. The number of piperazine rings is 1. The monoisotopic (exact) mass is 578 g/mol. The van der Waals surface area contributed by atoms with Gasteiger partial charge in [0.1, 0.15) is 0 Å². The number of aryl methyl sites for hydroxylation is 1. The summed E-state index contributed by atoms with van der Waals surface area (Å²) in [5, 5.41) is 22.4. The number of piperidine rings is 1. The van der Waals surface area contributed by atoms with Gasteiger partial charge in [0.05, 0.1) is 18.5 Å². The Morgan fingerprint density at radius 2 is 1.64 bits per heavy atom. The number of hydrogen-bond acceptors (Lipinski definition) is 6. The summed E-state index contributed by atoms with van der Waals surface area (Å²) in [5.74, 6) is -2.41. The fourth-order valence-corrected chi connectivity index (χ4v) is 5.62. The highest BCUT2D eigenvalue weighted by Crippen LogP contribution is 2.32. The van der Waals surface area contributed by atoms with E-state index in [0.29, 0.717) is 31.8 Å². The predicted molar refractivity (Wildman–Crippen MR) is 161 cm³/mol. The second kappa shape index (κ2) is 14.7. The van der Waals surface area contributed by atoms with Crippen LogP contribution < -0.4 is 15.5 Å². The number of carboxylic acids is 2. The van der Waals surface area contributed by atoms with Crippen LogP contribution in [0.2, 0.25) is 0 Å². The van der Waals surface area contributed by atoms with Crippen LogP contribution in [-0.2, 0) is 19.2 Å². The largest absolute Gasteiger partial charge is 0.478 e. The van der Waals surface area contributed by atoms with E-state index in [1.54, 1.807) is 0 Å². The highest BCUT2D eigenvalue weighted by atomic mass is 16.4. The molecule has 0 saturated carbocycles. The lowest BCUT2D eigenvalue weighted by atomic mass is 9.88. The Bertz CT molecular complexity index is 1260. The van der Waals surface area contributed by atoms with E-state index in [1.165, 1.54) is 0 Å². The van der Waals surface area contributed by atoms with Crippen molar-refractivity contribution < 1.29 is 29.4 Å². The number of para-hydroxylation sites is 1. The number of amides is 2. The minimum absolute atomic E-state index is 0.0183. The lowest BCUT2D eigenvalue weighted by Crippen LogP contribution is -2.67. The molecule has 4 N–H and O–H groups in total. The van der Waals surface area contributed by atoms with Crippen molar-refractivity contribution in [1.29, 1.82) is 0 Å². The normalized spacial score (nSPS) is 21.2. The molecule has 0 radical (unpaired) electrons. The van der Waals surface area contributed by atoms with Crippen molar-refractivity contribution in [1.82, 2.24) is 15.5 Å². The lowest BCUT2D eigenvalue weighted by Gasteiger charge is -2.51. The van der Waals surface area contributed by atoms with Crippen LogP contribution in [0.1, 0.15) is 50.8 Å². The maximum absolute atomic E-state index is 13.2. The second-order valence-electron chi connectivity index (χ2n) is 11.3. The third-order valence-electron chi connectivity index (χ3n) is 7.77. The molecule has 0 bridgehead atoms. The van der Waals surface area contributed by atoms with E-state index >= 15 is 0 Å². The van der Waals surface area contributed by atoms with Gasteiger partial charge in [-0.1, -0.05) is 55.5 Å². The summed E-state index contributed by atoms with van der Waals surface area (Å²) in [4.78, 5) is 49.8. The third kappa shape index (κ3) is 8.74. The standard InChI is InChI=1S/C28H38N4O2.C4H4O4/c1-5-24(21-12-7-6-8-13-21)30-27(34)22-15-23(17-29-16-22)32-18-26(33)31(19-28(32,3)4)25-14-10-9-11-20(25)2;5-3(6)1-2-4(7)8/h6-14,22-24,29H,5,15-19H2,1-4H3,(H,30,34);1-2H,(H,5,6)(H,7,8)/b;2-1+/t22-,23+,24+;/m0./s1. The zero-order valence-corrected chi connectivity index (χ0v) is 24.7. The van der Waals surface area contributed by atoms with E-state index in [1.807, 2.05) is 41.3 Å². The predicted octanol–water partition coefficient (Wildman–Crippen LogP) is 3.38. The Hall–Kier alpha value is -4.02. The summed E-state index contributed by atoms with van der Waals surface area (Å²) in [6.45, 7) is 11.0. The Morgan fingerprint density at radius 3 is 2.24 bits per heavy atom. The van der Waals surface area contributed by atoms with Crippen LogP contribution in [0.25, 0.3) is 0 Å². The Morgan fingerprint density at radius 1 is 1.02 bits per heavy atom. The first-order valence-corrected chi connectivity index (χ1v) is 14.3. The Kier molecular flexibility index (Phi) is 11.4. The molecule has 2 saturated heterocycles. The molecule has 2 aliphatic heterocycles. The van der Waals surface area contributed by atoms with Crippen LogP contribution in [0.5, 0.6) is 0 Å². The summed E-state index contributed by atoms with van der Waals surface area (Å²) in [5.41, 5.74) is 3.04. The van der Waals surface area contributed by atoms with Crippen LogP contribution in [0.15, 0.2) is 66.7 Å². The van der Waals surface area contributed by atoms with E-state index in [4.69, 9.17) is 10.2 Å². The van der Waals surface area contributed by atoms with Gasteiger partial charge in [-0.3, -0.25) is 14.5 Å². The topological polar surface area (TPSA) is 139 Å². The van der Waals surface area contributed by atoms with Crippen molar-refractivity contribution in [3.63, 3.8) is 0 Å². The van der Waals surface area contributed by atoms with Gasteiger partial charge in [0.2, 0.25) is 11.8 Å². The average Bonchev–Trinajstić information content (AvgIpc) is 2.97. The number of nitrogens with one attached hydrogen (secondary N) is 2. The van der Waals surface area contributed by atoms with Crippen LogP contribution in [0, 0.1) is 12.8 Å². The number of benzene rings is 2. The van der Waals surface area contributed by atoms with Crippen LogP contribution in [-0.4, -0.2) is 76.6 Å². The number of anilines is 1. The van der Waals surface area contributed by atoms with Gasteiger partial charge in [-0.25, -0.2) is 9.59 Å². The number of carbonyl (C=O) groups excluding carboxylic acids is 2. The molecule has 2 aromatic rings. The summed E-state index contributed by atoms with van der Waals surface area (Å²) >= 11 is 0. The molecule has 2 aliphatic rings. The average molecular weight is 579 g/mol. The SMILES string of the molecule is CC[C@@H](NC(=O)[C@@H]1CNC[C@H](N2CC(=O)N(c3ccccc3C)CC2(C)C)C1)c1ccccc1.O=C(O)/C=C/C(=O)O. The van der Waals surface area contributed by atoms with E-state index in [0.717, 1.165) is 36.2 Å². The van der Waals surface area contributed by atoms with Gasteiger partial charge in [0, 0.05) is 49.1 Å². The molecule has 0 aromatic heterocycles. The lowest BCUT2D eigenvalue weighted by molar-refractivity contribution is -0.134. The molecule has 10 nitrogen and oxygen atoms in total. The van der Waals surface area contributed by atoms with Crippen molar-refractivity contribution >= 4 is 29.4 Å². The van der Waals surface area contributed by atoms with Crippen LogP contribution in [0.4, 0.5) is 5.69 Å². The third-order valence-corrected chi connectivity index (χ3v) is 7.77. The molecule has 0 unspecified atom stereocenters. The highest BCUT2D eigenvalue weighted by Gasteiger charge is 2.44. The maximum atomic E-state index is 13.2. The van der Waals surface area contributed by atoms with Crippen molar-refractivity contribution in [2.24, 2.45) is 5.92 Å². The molecule has 2 heterocycles. The number of carboxylic acid groups (broad SMARTS) is 2. The highest BCUT2D eigenvalue weighted by molar-refractivity contribution is 5.96. The maximum Gasteiger partial charge on any atom is 0.328 e. The molecule has 226 valence electrons. The number of rotatable bonds is 8. The molecule has 0 aliphatic carbocycles. The first kappa shape index (κ1) is 32.5. The van der Waals surface area contributed by atoms with E-state index in [9.17, 15) is 19.2 Å². The Labute approximate surface area is 247 Å². The molecular formula is C32H42N4O6.